The smallest absolute Gasteiger partial charge is 0.414 e. The zero-order valence-electron chi connectivity index (χ0n) is 11.5. The minimum atomic E-state index is -0.433. The molecule has 1 atom stereocenters. The first-order valence-electron chi connectivity index (χ1n) is 6.92. The number of amides is 1. The van der Waals surface area contributed by atoms with Gasteiger partial charge in [0.25, 0.3) is 22.6 Å². The third-order valence-electron chi connectivity index (χ3n) is 3.68. The Hall–Kier alpha value is -1.06. The molecule has 6 nitrogen and oxygen atoms in total. The van der Waals surface area contributed by atoms with Crippen LogP contribution in [0.5, 0.6) is 0 Å². The SMILES string of the molecule is O=C1O[C@@H](CO)CN1c1ccc(N2CCOCC2)c([IH+])c1. The Morgan fingerprint density at radius 3 is 2.71 bits per heavy atom. The van der Waals surface area contributed by atoms with Crippen molar-refractivity contribution in [3.8, 4) is 0 Å². The molecular weight excluding hydrogens is 387 g/mol. The summed E-state index contributed by atoms with van der Waals surface area (Å²) in [6.45, 7) is 3.53. The molecule has 2 aliphatic rings. The number of anilines is 2. The molecule has 7 heteroatoms. The maximum Gasteiger partial charge on any atom is 0.414 e. The van der Waals surface area contributed by atoms with Crippen molar-refractivity contribution < 1.29 is 42.0 Å². The number of halogens is 1. The number of morpholine rings is 1. The second-order valence-corrected chi connectivity index (χ2v) is 6.31. The van der Waals surface area contributed by atoms with E-state index >= 15 is 0 Å². The van der Waals surface area contributed by atoms with E-state index in [-0.39, 0.29) is 6.61 Å². The summed E-state index contributed by atoms with van der Waals surface area (Å²) in [7, 11) is 0. The van der Waals surface area contributed by atoms with Crippen LogP contribution in [-0.4, -0.2) is 56.8 Å². The van der Waals surface area contributed by atoms with Crippen molar-refractivity contribution in [1.29, 1.82) is 0 Å². The average molecular weight is 405 g/mol. The van der Waals surface area contributed by atoms with Crippen LogP contribution in [0, 0.1) is 3.57 Å². The van der Waals surface area contributed by atoms with Gasteiger partial charge in [-0.2, -0.15) is 0 Å². The Morgan fingerprint density at radius 1 is 1.33 bits per heavy atom. The number of aliphatic hydroxyl groups excluding tert-OH is 1. The number of carbonyl (C=O) groups excluding carboxylic acids is 1. The summed E-state index contributed by atoms with van der Waals surface area (Å²) in [5.41, 5.74) is 1.99. The van der Waals surface area contributed by atoms with Gasteiger partial charge in [0.2, 0.25) is 3.57 Å². The summed E-state index contributed by atoms with van der Waals surface area (Å²) < 4.78 is 11.6. The first kappa shape index (κ1) is 14.9. The predicted octanol–water partition coefficient (Wildman–Crippen LogP) is -2.70. The highest BCUT2D eigenvalue weighted by Crippen LogP contribution is 2.25. The van der Waals surface area contributed by atoms with Gasteiger partial charge in [-0.05, 0) is 12.1 Å². The molecule has 0 aliphatic carbocycles. The molecule has 21 heavy (non-hydrogen) atoms. The summed E-state index contributed by atoms with van der Waals surface area (Å²) in [6.07, 6.45) is -0.827. The van der Waals surface area contributed by atoms with Gasteiger partial charge in [-0.15, -0.1) is 0 Å². The summed E-state index contributed by atoms with van der Waals surface area (Å²) in [5, 5.41) is 9.10. The van der Waals surface area contributed by atoms with Crippen LogP contribution in [-0.2, 0) is 9.47 Å². The van der Waals surface area contributed by atoms with E-state index in [1.165, 1.54) is 5.69 Å². The van der Waals surface area contributed by atoms with Gasteiger partial charge in [-0.3, -0.25) is 4.90 Å². The van der Waals surface area contributed by atoms with Crippen LogP contribution in [0.4, 0.5) is 16.2 Å². The third-order valence-corrected chi connectivity index (χ3v) is 4.62. The standard InChI is InChI=1S/C14H18IN2O4/c15-12-7-10(17-8-11(9-18)21-14(17)19)1-2-13(12)16-3-5-20-6-4-16/h1-2,7,11,15,18H,3-6,8-9H2/q+1/t11-/m1/s1. The largest absolute Gasteiger partial charge is 0.441 e. The Kier molecular flexibility index (Phi) is 4.51. The molecule has 0 aromatic heterocycles. The molecule has 0 spiro atoms. The molecule has 1 N–H and O–H groups in total. The minimum Gasteiger partial charge on any atom is -0.441 e. The fourth-order valence-corrected chi connectivity index (χ4v) is 3.47. The molecule has 0 bridgehead atoms. The average Bonchev–Trinajstić information content (AvgIpc) is 2.89. The number of carbonyl (C=O) groups is 1. The van der Waals surface area contributed by atoms with Gasteiger partial charge in [-0.1, -0.05) is 0 Å². The van der Waals surface area contributed by atoms with Gasteiger partial charge in [-0.25, -0.2) is 4.79 Å². The van der Waals surface area contributed by atoms with E-state index in [9.17, 15) is 4.79 Å². The number of cyclic esters (lactones) is 1. The number of ether oxygens (including phenoxy) is 2. The first-order chi connectivity index (χ1) is 10.2. The van der Waals surface area contributed by atoms with Crippen LogP contribution in [0.25, 0.3) is 0 Å². The highest BCUT2D eigenvalue weighted by atomic mass is 127. The van der Waals surface area contributed by atoms with Crippen molar-refractivity contribution in [2.24, 2.45) is 0 Å². The number of benzene rings is 1. The number of hydrogen-bond donors (Lipinski definition) is 1. The Labute approximate surface area is 136 Å². The summed E-state index contributed by atoms with van der Waals surface area (Å²) in [4.78, 5) is 15.7. The topological polar surface area (TPSA) is 62.2 Å². The number of hydrogen-bond acceptors (Lipinski definition) is 5. The predicted molar refractivity (Wildman–Crippen MR) is 74.3 cm³/mol. The second-order valence-electron chi connectivity index (χ2n) is 5.05. The molecule has 0 saturated carbocycles. The van der Waals surface area contributed by atoms with Crippen molar-refractivity contribution in [2.75, 3.05) is 49.3 Å². The van der Waals surface area contributed by atoms with E-state index in [4.69, 9.17) is 14.6 Å². The number of rotatable bonds is 3. The lowest BCUT2D eigenvalue weighted by molar-refractivity contribution is -0.326. The van der Waals surface area contributed by atoms with Crippen molar-refractivity contribution in [3.63, 3.8) is 0 Å². The lowest BCUT2D eigenvalue weighted by Gasteiger charge is -2.28. The molecule has 0 radical (unpaired) electrons. The van der Waals surface area contributed by atoms with E-state index in [2.05, 4.69) is 4.90 Å². The fourth-order valence-electron chi connectivity index (χ4n) is 2.56. The molecule has 3 rings (SSSR count). The van der Waals surface area contributed by atoms with Crippen molar-refractivity contribution in [2.45, 2.75) is 6.10 Å². The monoisotopic (exact) mass is 405 g/mol. The first-order valence-corrected chi connectivity index (χ1v) is 8.08. The second kappa shape index (κ2) is 6.37. The van der Waals surface area contributed by atoms with Gasteiger partial charge >= 0.3 is 6.09 Å². The van der Waals surface area contributed by atoms with Crippen LogP contribution >= 0.6 is 0 Å². The lowest BCUT2D eigenvalue weighted by atomic mass is 10.2. The molecule has 114 valence electrons. The molecule has 1 amide bonds. The molecule has 2 saturated heterocycles. The summed E-state index contributed by atoms with van der Waals surface area (Å²) >= 11 is 1.96. The maximum atomic E-state index is 11.8. The van der Waals surface area contributed by atoms with Crippen molar-refractivity contribution in [1.82, 2.24) is 0 Å². The van der Waals surface area contributed by atoms with Crippen molar-refractivity contribution >= 4 is 17.5 Å². The van der Waals surface area contributed by atoms with E-state index < -0.39 is 12.2 Å². The Balaban J connectivity index is 1.79. The van der Waals surface area contributed by atoms with Crippen LogP contribution in [0.3, 0.4) is 0 Å². The molecule has 2 heterocycles. The molecule has 1 aromatic rings. The van der Waals surface area contributed by atoms with E-state index in [1.54, 1.807) is 4.90 Å². The highest BCUT2D eigenvalue weighted by molar-refractivity contribution is 5.89. The van der Waals surface area contributed by atoms with Crippen LogP contribution < -0.4 is 32.4 Å². The zero-order valence-corrected chi connectivity index (χ0v) is 13.9. The third kappa shape index (κ3) is 3.09. The van der Waals surface area contributed by atoms with Crippen LogP contribution in [0.15, 0.2) is 18.2 Å². The van der Waals surface area contributed by atoms with Gasteiger partial charge in [0, 0.05) is 19.2 Å². The van der Waals surface area contributed by atoms with Gasteiger partial charge in [0.1, 0.15) is 6.10 Å². The summed E-state index contributed by atoms with van der Waals surface area (Å²) in [6, 6.07) is 5.97. The highest BCUT2D eigenvalue weighted by Gasteiger charge is 2.32. The van der Waals surface area contributed by atoms with E-state index in [0.717, 1.165) is 35.6 Å². The molecule has 2 aliphatic heterocycles. The van der Waals surface area contributed by atoms with Gasteiger partial charge in [0.05, 0.1) is 37.7 Å². The molecule has 0 unspecified atom stereocenters. The molecular formula is C14H18IN2O4+. The fraction of sp³-hybridized carbons (Fsp3) is 0.500. The maximum absolute atomic E-state index is 11.8. The summed E-state index contributed by atoms with van der Waals surface area (Å²) in [5.74, 6) is 0. The minimum absolute atomic E-state index is 0.145. The molecule has 2 fully saturated rings. The Morgan fingerprint density at radius 2 is 2.10 bits per heavy atom. The molecule has 1 aromatic carbocycles. The van der Waals surface area contributed by atoms with Gasteiger partial charge < -0.3 is 19.5 Å². The zero-order chi connectivity index (χ0) is 14.8. The van der Waals surface area contributed by atoms with Crippen LogP contribution in [0.2, 0.25) is 0 Å². The quantitative estimate of drug-likeness (QED) is 0.555. The van der Waals surface area contributed by atoms with E-state index in [0.29, 0.717) is 6.54 Å². The number of aliphatic hydroxyl groups is 1. The van der Waals surface area contributed by atoms with Gasteiger partial charge in [0.15, 0.2) is 0 Å². The van der Waals surface area contributed by atoms with Crippen molar-refractivity contribution in [3.05, 3.63) is 21.8 Å². The number of nitrogens with zero attached hydrogens (tertiary/aromatic N) is 2. The normalized spacial score (nSPS) is 22.6. The Bertz CT molecular complexity index is 534. The van der Waals surface area contributed by atoms with E-state index in [1.807, 2.05) is 40.8 Å². The lowest BCUT2D eigenvalue weighted by Crippen LogP contribution is -3.34. The van der Waals surface area contributed by atoms with Crippen LogP contribution in [0.1, 0.15) is 0 Å².